The van der Waals surface area contributed by atoms with E-state index in [0.717, 1.165) is 0 Å². The summed E-state index contributed by atoms with van der Waals surface area (Å²) in [7, 11) is 3.00. The first-order valence-corrected chi connectivity index (χ1v) is 5.17. The van der Waals surface area contributed by atoms with Crippen molar-refractivity contribution >= 4 is 5.97 Å². The zero-order valence-electron chi connectivity index (χ0n) is 10.4. The lowest BCUT2D eigenvalue weighted by Gasteiger charge is -2.11. The Morgan fingerprint density at radius 2 is 1.76 bits per heavy atom. The maximum Gasteiger partial charge on any atom is 0.306 e. The van der Waals surface area contributed by atoms with E-state index in [1.165, 1.54) is 14.2 Å². The molecule has 0 saturated carbocycles. The predicted octanol–water partition coefficient (Wildman–Crippen LogP) is 1.07. The van der Waals surface area contributed by atoms with Crippen LogP contribution in [0, 0.1) is 12.8 Å². The van der Waals surface area contributed by atoms with E-state index in [1.807, 2.05) is 0 Å². The summed E-state index contributed by atoms with van der Waals surface area (Å²) in [4.78, 5) is 19.1. The predicted molar refractivity (Wildman–Crippen MR) is 60.4 cm³/mol. The average molecular weight is 240 g/mol. The molecule has 0 radical (unpaired) electrons. The molecule has 1 aromatic rings. The molecule has 1 unspecified atom stereocenters. The lowest BCUT2D eigenvalue weighted by atomic mass is 10.1. The molecule has 6 nitrogen and oxygen atoms in total. The van der Waals surface area contributed by atoms with Gasteiger partial charge in [-0.25, -0.2) is 0 Å². The Balaban J connectivity index is 3.05. The third kappa shape index (κ3) is 3.05. The van der Waals surface area contributed by atoms with Gasteiger partial charge < -0.3 is 14.6 Å². The minimum absolute atomic E-state index is 0.238. The van der Waals surface area contributed by atoms with Crippen molar-refractivity contribution < 1.29 is 19.4 Å². The number of carboxylic acids is 1. The largest absolute Gasteiger partial charge is 0.481 e. The van der Waals surface area contributed by atoms with E-state index in [-0.39, 0.29) is 6.42 Å². The number of carbonyl (C=O) groups is 1. The molecule has 1 aromatic heterocycles. The topological polar surface area (TPSA) is 81.5 Å². The molecule has 0 saturated heterocycles. The van der Waals surface area contributed by atoms with E-state index in [2.05, 4.69) is 9.97 Å². The van der Waals surface area contributed by atoms with Gasteiger partial charge in [-0.15, -0.1) is 0 Å². The highest BCUT2D eigenvalue weighted by Crippen LogP contribution is 2.24. The van der Waals surface area contributed by atoms with Gasteiger partial charge in [-0.3, -0.25) is 4.79 Å². The molecule has 94 valence electrons. The number of aliphatic carboxylic acids is 1. The molecule has 1 N–H and O–H groups in total. The van der Waals surface area contributed by atoms with Gasteiger partial charge >= 0.3 is 5.97 Å². The first kappa shape index (κ1) is 13.2. The van der Waals surface area contributed by atoms with Crippen LogP contribution < -0.4 is 9.47 Å². The van der Waals surface area contributed by atoms with Gasteiger partial charge in [0.25, 0.3) is 0 Å². The van der Waals surface area contributed by atoms with E-state index in [1.54, 1.807) is 13.8 Å². The van der Waals surface area contributed by atoms with Crippen molar-refractivity contribution in [2.45, 2.75) is 20.3 Å². The molecule has 1 atom stereocenters. The van der Waals surface area contributed by atoms with Crippen molar-refractivity contribution in [3.63, 3.8) is 0 Å². The smallest absolute Gasteiger partial charge is 0.306 e. The standard InChI is InChI=1S/C11H16N2O4/c1-6(11(14)15)5-8-12-9(16-3)7(2)10(13-8)17-4/h6H,5H2,1-4H3,(H,14,15). The van der Waals surface area contributed by atoms with E-state index < -0.39 is 11.9 Å². The molecule has 1 heterocycles. The van der Waals surface area contributed by atoms with Gasteiger partial charge in [-0.05, 0) is 6.92 Å². The first-order valence-electron chi connectivity index (χ1n) is 5.17. The maximum atomic E-state index is 10.8. The molecular formula is C11H16N2O4. The number of carboxylic acid groups (broad SMARTS) is 1. The fourth-order valence-electron chi connectivity index (χ4n) is 1.37. The third-order valence-electron chi connectivity index (χ3n) is 2.40. The molecule has 17 heavy (non-hydrogen) atoms. The number of aromatic nitrogens is 2. The molecule has 0 fully saturated rings. The van der Waals surface area contributed by atoms with Gasteiger partial charge in [0.05, 0.1) is 25.7 Å². The molecule has 0 amide bonds. The summed E-state index contributed by atoms with van der Waals surface area (Å²) in [6.07, 6.45) is 0.238. The van der Waals surface area contributed by atoms with Crippen molar-refractivity contribution in [3.05, 3.63) is 11.4 Å². The average Bonchev–Trinajstić information content (AvgIpc) is 2.30. The Bertz CT molecular complexity index is 395. The van der Waals surface area contributed by atoms with Crippen molar-refractivity contribution in [1.29, 1.82) is 0 Å². The van der Waals surface area contributed by atoms with Crippen molar-refractivity contribution in [2.75, 3.05) is 14.2 Å². The van der Waals surface area contributed by atoms with Crippen molar-refractivity contribution in [3.8, 4) is 11.8 Å². The van der Waals surface area contributed by atoms with Crippen LogP contribution in [0.4, 0.5) is 0 Å². The van der Waals surface area contributed by atoms with Gasteiger partial charge in [-0.1, -0.05) is 6.92 Å². The molecule has 0 aliphatic heterocycles. The summed E-state index contributed by atoms with van der Waals surface area (Å²) in [5, 5.41) is 8.83. The number of ether oxygens (including phenoxy) is 2. The zero-order chi connectivity index (χ0) is 13.0. The van der Waals surface area contributed by atoms with E-state index in [4.69, 9.17) is 14.6 Å². The highest BCUT2D eigenvalue weighted by atomic mass is 16.5. The van der Waals surface area contributed by atoms with Crippen molar-refractivity contribution in [1.82, 2.24) is 9.97 Å². The quantitative estimate of drug-likeness (QED) is 0.828. The van der Waals surface area contributed by atoms with Crippen molar-refractivity contribution in [2.24, 2.45) is 5.92 Å². The van der Waals surface area contributed by atoms with Gasteiger partial charge in [0.2, 0.25) is 11.8 Å². The van der Waals surface area contributed by atoms with Gasteiger partial charge in [0.15, 0.2) is 0 Å². The van der Waals surface area contributed by atoms with Crippen LogP contribution in [0.15, 0.2) is 0 Å². The maximum absolute atomic E-state index is 10.8. The van der Waals surface area contributed by atoms with Crippen LogP contribution in [-0.2, 0) is 11.2 Å². The first-order chi connectivity index (χ1) is 7.99. The van der Waals surface area contributed by atoms with E-state index >= 15 is 0 Å². The molecule has 6 heteroatoms. The minimum Gasteiger partial charge on any atom is -0.481 e. The second kappa shape index (κ2) is 5.47. The number of hydrogen-bond acceptors (Lipinski definition) is 5. The second-order valence-electron chi connectivity index (χ2n) is 3.73. The van der Waals surface area contributed by atoms with Crippen LogP contribution >= 0.6 is 0 Å². The zero-order valence-corrected chi connectivity index (χ0v) is 10.4. The Morgan fingerprint density at radius 3 is 2.12 bits per heavy atom. The summed E-state index contributed by atoms with van der Waals surface area (Å²) in [6, 6.07) is 0. The summed E-state index contributed by atoms with van der Waals surface area (Å²) in [6.45, 7) is 3.38. The van der Waals surface area contributed by atoms with Crippen LogP contribution in [0.25, 0.3) is 0 Å². The van der Waals surface area contributed by atoms with Crippen LogP contribution in [0.1, 0.15) is 18.3 Å². The van der Waals surface area contributed by atoms with Gasteiger partial charge in [-0.2, -0.15) is 9.97 Å². The summed E-state index contributed by atoms with van der Waals surface area (Å²) in [5.74, 6) is -0.215. The lowest BCUT2D eigenvalue weighted by Crippen LogP contribution is -2.15. The highest BCUT2D eigenvalue weighted by molar-refractivity contribution is 5.69. The molecule has 1 rings (SSSR count). The number of methoxy groups -OCH3 is 2. The fraction of sp³-hybridized carbons (Fsp3) is 0.545. The molecule has 0 bridgehead atoms. The Hall–Kier alpha value is -1.85. The summed E-state index contributed by atoms with van der Waals surface area (Å²) in [5.41, 5.74) is 0.696. The Labute approximate surface area is 99.6 Å². The molecule has 0 aromatic carbocycles. The number of nitrogens with zero attached hydrogens (tertiary/aromatic N) is 2. The number of hydrogen-bond donors (Lipinski definition) is 1. The van der Waals surface area contributed by atoms with Crippen LogP contribution in [-0.4, -0.2) is 35.3 Å². The monoisotopic (exact) mass is 240 g/mol. The normalized spacial score (nSPS) is 12.0. The van der Waals surface area contributed by atoms with E-state index in [0.29, 0.717) is 23.1 Å². The molecular weight excluding hydrogens is 224 g/mol. The number of rotatable bonds is 5. The van der Waals surface area contributed by atoms with Gasteiger partial charge in [0, 0.05) is 6.42 Å². The third-order valence-corrected chi connectivity index (χ3v) is 2.40. The molecule has 0 spiro atoms. The minimum atomic E-state index is -0.882. The van der Waals surface area contributed by atoms with Gasteiger partial charge in [0.1, 0.15) is 5.82 Å². The lowest BCUT2D eigenvalue weighted by molar-refractivity contribution is -0.141. The fourth-order valence-corrected chi connectivity index (χ4v) is 1.37. The SMILES string of the molecule is COc1nc(CC(C)C(=O)O)nc(OC)c1C. The van der Waals surface area contributed by atoms with E-state index in [9.17, 15) is 4.79 Å². The van der Waals surface area contributed by atoms with Crippen LogP contribution in [0.3, 0.4) is 0 Å². The Kier molecular flexibility index (Phi) is 4.25. The molecule has 0 aliphatic carbocycles. The molecule has 0 aliphatic rings. The Morgan fingerprint density at radius 1 is 1.29 bits per heavy atom. The summed E-state index contributed by atoms with van der Waals surface area (Å²) < 4.78 is 10.2. The van der Waals surface area contributed by atoms with Crippen LogP contribution in [0.5, 0.6) is 11.8 Å². The summed E-state index contributed by atoms with van der Waals surface area (Å²) >= 11 is 0. The second-order valence-corrected chi connectivity index (χ2v) is 3.73. The highest BCUT2D eigenvalue weighted by Gasteiger charge is 2.17. The van der Waals surface area contributed by atoms with Crippen LogP contribution in [0.2, 0.25) is 0 Å².